The number of ether oxygens (including phenoxy) is 1. The molecule has 0 saturated heterocycles. The molecule has 0 atom stereocenters. The number of aryl methyl sites for hydroxylation is 3. The number of fused-ring (bicyclic) bond motifs is 1. The van der Waals surface area contributed by atoms with Gasteiger partial charge in [0.1, 0.15) is 12.3 Å². The Bertz CT molecular complexity index is 1200. The Balaban J connectivity index is 2.57. The van der Waals surface area contributed by atoms with Gasteiger partial charge in [-0.2, -0.15) is 0 Å². The number of carbonyl (C=O) groups excluding carboxylic acids is 1. The number of carbonyl (C=O) groups is 1. The van der Waals surface area contributed by atoms with Crippen LogP contribution in [0.1, 0.15) is 21.6 Å². The molecule has 140 valence electrons. The molecule has 8 heteroatoms. The summed E-state index contributed by atoms with van der Waals surface area (Å²) in [5.74, 6) is -0.583. The average molecular weight is 385 g/mol. The van der Waals surface area contributed by atoms with Gasteiger partial charge in [0, 0.05) is 24.5 Å². The lowest BCUT2D eigenvalue weighted by Gasteiger charge is -2.16. The Morgan fingerprint density at radius 1 is 1.30 bits per heavy atom. The van der Waals surface area contributed by atoms with E-state index in [1.54, 1.807) is 14.0 Å². The first-order valence-electron chi connectivity index (χ1n) is 8.22. The Labute approximate surface area is 159 Å². The van der Waals surface area contributed by atoms with E-state index in [-0.39, 0.29) is 23.2 Å². The molecule has 3 heterocycles. The van der Waals surface area contributed by atoms with Crippen molar-refractivity contribution >= 4 is 28.3 Å². The van der Waals surface area contributed by atoms with E-state index in [1.165, 1.54) is 29.0 Å². The second-order valence-electron chi connectivity index (χ2n) is 6.17. The minimum absolute atomic E-state index is 0.0461. The molecular weight excluding hydrogens is 366 g/mol. The molecule has 0 fully saturated rings. The van der Waals surface area contributed by atoms with E-state index in [4.69, 9.17) is 4.74 Å². The Hall–Kier alpha value is -3.00. The number of hydrogen-bond acceptors (Lipinski definition) is 6. The number of nitrogens with zero attached hydrogens (tertiary/aromatic N) is 3. The third-order valence-corrected chi connectivity index (χ3v) is 5.43. The van der Waals surface area contributed by atoms with Gasteiger partial charge in [0.15, 0.2) is 0 Å². The van der Waals surface area contributed by atoms with Gasteiger partial charge in [-0.3, -0.25) is 13.9 Å². The summed E-state index contributed by atoms with van der Waals surface area (Å²) >= 11 is 1.41. The lowest BCUT2D eigenvalue weighted by molar-refractivity contribution is 0.0549. The summed E-state index contributed by atoms with van der Waals surface area (Å²) in [6.45, 7) is 7.16. The monoisotopic (exact) mass is 385 g/mol. The normalized spacial score (nSPS) is 11.0. The van der Waals surface area contributed by atoms with Crippen LogP contribution in [0.3, 0.4) is 0 Å². The minimum Gasteiger partial charge on any atom is -0.458 e. The third kappa shape index (κ3) is 2.91. The van der Waals surface area contributed by atoms with Crippen LogP contribution in [0, 0.1) is 13.8 Å². The lowest BCUT2D eigenvalue weighted by Crippen LogP contribution is -2.38. The van der Waals surface area contributed by atoms with Gasteiger partial charge < -0.3 is 4.74 Å². The average Bonchev–Trinajstić information content (AvgIpc) is 3.07. The van der Waals surface area contributed by atoms with Crippen molar-refractivity contribution in [3.8, 4) is 10.4 Å². The van der Waals surface area contributed by atoms with E-state index in [0.717, 1.165) is 15.0 Å². The molecule has 0 unspecified atom stereocenters. The molecule has 0 spiro atoms. The Morgan fingerprint density at radius 2 is 2.00 bits per heavy atom. The molecule has 27 heavy (non-hydrogen) atoms. The molecule has 0 bridgehead atoms. The summed E-state index contributed by atoms with van der Waals surface area (Å²) < 4.78 is 7.57. The van der Waals surface area contributed by atoms with E-state index >= 15 is 0 Å². The number of esters is 1. The summed E-state index contributed by atoms with van der Waals surface area (Å²) in [6, 6.07) is 1.91. The van der Waals surface area contributed by atoms with E-state index in [2.05, 4.69) is 11.6 Å². The number of thiophene rings is 1. The highest BCUT2D eigenvalue weighted by Gasteiger charge is 2.26. The SMILES string of the molecule is C=CCOC(=O)c1c(C)nc2c(c1-c1sccc1C)c(=O)n(C)c(=O)n2C. The van der Waals surface area contributed by atoms with Gasteiger partial charge in [-0.15, -0.1) is 11.3 Å². The zero-order chi connectivity index (χ0) is 19.9. The minimum atomic E-state index is -0.583. The first-order valence-corrected chi connectivity index (χ1v) is 9.10. The van der Waals surface area contributed by atoms with Crippen LogP contribution in [-0.2, 0) is 18.8 Å². The third-order valence-electron chi connectivity index (χ3n) is 4.39. The second kappa shape index (κ2) is 6.96. The molecule has 0 radical (unpaired) electrons. The maximum atomic E-state index is 13.0. The van der Waals surface area contributed by atoms with Gasteiger partial charge in [-0.05, 0) is 30.9 Å². The predicted molar refractivity (Wildman–Crippen MR) is 105 cm³/mol. The maximum Gasteiger partial charge on any atom is 0.340 e. The zero-order valence-corrected chi connectivity index (χ0v) is 16.3. The highest BCUT2D eigenvalue weighted by molar-refractivity contribution is 7.13. The van der Waals surface area contributed by atoms with Crippen LogP contribution >= 0.6 is 11.3 Å². The van der Waals surface area contributed by atoms with Gasteiger partial charge in [0.25, 0.3) is 5.56 Å². The molecule has 0 amide bonds. The second-order valence-corrected chi connectivity index (χ2v) is 7.09. The van der Waals surface area contributed by atoms with Crippen LogP contribution in [0.5, 0.6) is 0 Å². The number of rotatable bonds is 4. The summed E-state index contributed by atoms with van der Waals surface area (Å²) in [7, 11) is 2.96. The topological polar surface area (TPSA) is 83.2 Å². The number of hydrogen-bond donors (Lipinski definition) is 0. The molecule has 0 aromatic carbocycles. The summed E-state index contributed by atoms with van der Waals surface area (Å²) in [6.07, 6.45) is 1.47. The summed E-state index contributed by atoms with van der Waals surface area (Å²) in [5, 5.41) is 2.11. The highest BCUT2D eigenvalue weighted by Crippen LogP contribution is 2.36. The van der Waals surface area contributed by atoms with Crippen LogP contribution in [-0.4, -0.2) is 26.7 Å². The van der Waals surface area contributed by atoms with Crippen molar-refractivity contribution in [2.24, 2.45) is 14.1 Å². The standard InChI is InChI=1S/C19H19N3O4S/c1-6-8-26-18(24)12-11(3)20-16-14(13(12)15-10(2)7-9-27-15)17(23)22(5)19(25)21(16)4/h6-7,9H,1,8H2,2-5H3. The van der Waals surface area contributed by atoms with Crippen LogP contribution in [0.2, 0.25) is 0 Å². The molecule has 0 aliphatic heterocycles. The first-order chi connectivity index (χ1) is 12.8. The van der Waals surface area contributed by atoms with E-state index < -0.39 is 17.2 Å². The van der Waals surface area contributed by atoms with Crippen molar-refractivity contribution in [3.05, 3.63) is 61.8 Å². The lowest BCUT2D eigenvalue weighted by atomic mass is 9.99. The van der Waals surface area contributed by atoms with Gasteiger partial charge in [-0.25, -0.2) is 14.6 Å². The van der Waals surface area contributed by atoms with Crippen molar-refractivity contribution < 1.29 is 9.53 Å². The molecule has 3 aromatic heterocycles. The largest absolute Gasteiger partial charge is 0.458 e. The molecular formula is C19H19N3O4S. The van der Waals surface area contributed by atoms with Gasteiger partial charge >= 0.3 is 11.7 Å². The van der Waals surface area contributed by atoms with Gasteiger partial charge in [0.05, 0.1) is 16.6 Å². The quantitative estimate of drug-likeness (QED) is 0.508. The van der Waals surface area contributed by atoms with Crippen molar-refractivity contribution in [2.45, 2.75) is 13.8 Å². The Kier molecular flexibility index (Phi) is 4.84. The van der Waals surface area contributed by atoms with E-state index in [1.807, 2.05) is 18.4 Å². The Morgan fingerprint density at radius 3 is 2.59 bits per heavy atom. The number of pyridine rings is 1. The van der Waals surface area contributed by atoms with Crippen molar-refractivity contribution in [2.75, 3.05) is 6.61 Å². The summed E-state index contributed by atoms with van der Waals surface area (Å²) in [4.78, 5) is 43.2. The maximum absolute atomic E-state index is 13.0. The molecule has 3 rings (SSSR count). The first kappa shape index (κ1) is 18.8. The van der Waals surface area contributed by atoms with E-state index in [9.17, 15) is 14.4 Å². The highest BCUT2D eigenvalue weighted by atomic mass is 32.1. The van der Waals surface area contributed by atoms with Crippen molar-refractivity contribution in [1.29, 1.82) is 0 Å². The molecule has 7 nitrogen and oxygen atoms in total. The van der Waals surface area contributed by atoms with Crippen molar-refractivity contribution in [3.63, 3.8) is 0 Å². The van der Waals surface area contributed by atoms with Gasteiger partial charge in [-0.1, -0.05) is 12.7 Å². The van der Waals surface area contributed by atoms with Crippen LogP contribution in [0.25, 0.3) is 21.5 Å². The molecule has 0 aliphatic carbocycles. The van der Waals surface area contributed by atoms with E-state index in [0.29, 0.717) is 11.3 Å². The fourth-order valence-electron chi connectivity index (χ4n) is 3.02. The summed E-state index contributed by atoms with van der Waals surface area (Å²) in [5.41, 5.74) is 1.25. The van der Waals surface area contributed by atoms with Crippen LogP contribution in [0.15, 0.2) is 33.7 Å². The van der Waals surface area contributed by atoms with Crippen LogP contribution in [0.4, 0.5) is 0 Å². The van der Waals surface area contributed by atoms with Crippen molar-refractivity contribution in [1.82, 2.24) is 14.1 Å². The molecule has 3 aromatic rings. The smallest absolute Gasteiger partial charge is 0.340 e. The van der Waals surface area contributed by atoms with Crippen LogP contribution < -0.4 is 11.2 Å². The van der Waals surface area contributed by atoms with Gasteiger partial charge in [0.2, 0.25) is 0 Å². The zero-order valence-electron chi connectivity index (χ0n) is 15.5. The molecule has 0 N–H and O–H groups in total. The number of aromatic nitrogens is 3. The fraction of sp³-hybridized carbons (Fsp3) is 0.263. The molecule has 0 aliphatic rings. The predicted octanol–water partition coefficient (Wildman–Crippen LogP) is 2.32. The fourth-order valence-corrected chi connectivity index (χ4v) is 4.00. The molecule has 0 saturated carbocycles.